The molecule has 2 rings (SSSR count). The van der Waals surface area contributed by atoms with E-state index in [2.05, 4.69) is 26.0 Å². The largest absolute Gasteiger partial charge is 0.457 e. The van der Waals surface area contributed by atoms with Crippen molar-refractivity contribution in [1.29, 1.82) is 0 Å². The Balaban J connectivity index is 1.76. The Morgan fingerprint density at radius 2 is 0.937 bits per heavy atom. The van der Waals surface area contributed by atoms with Gasteiger partial charge in [-0.2, -0.15) is 0 Å². The third-order valence-corrected chi connectivity index (χ3v) is 12.3. The molecule has 11 unspecified atom stereocenters. The van der Waals surface area contributed by atoms with Crippen molar-refractivity contribution in [1.82, 2.24) is 0 Å². The predicted octanol–water partition coefficient (Wildman–Crippen LogP) is 7.07. The number of rotatable bonds is 40. The number of unbranched alkanes of at least 4 members (excludes halogenated alkanes) is 24. The highest BCUT2D eigenvalue weighted by molar-refractivity contribution is 5.69. The predicted molar refractivity (Wildman–Crippen MR) is 243 cm³/mol. The molecule has 14 heteroatoms. The van der Waals surface area contributed by atoms with E-state index in [4.69, 9.17) is 28.4 Å². The molecule has 0 aromatic carbocycles. The number of carbonyl (C=O) groups is 1. The maximum atomic E-state index is 13.0. The summed E-state index contributed by atoms with van der Waals surface area (Å²) < 4.78 is 34.2. The van der Waals surface area contributed by atoms with Crippen molar-refractivity contribution in [3.63, 3.8) is 0 Å². The van der Waals surface area contributed by atoms with Crippen molar-refractivity contribution in [3.05, 3.63) is 12.2 Å². The minimum Gasteiger partial charge on any atom is -0.457 e. The zero-order chi connectivity index (χ0) is 45.9. The number of hydrogen-bond acceptors (Lipinski definition) is 14. The Morgan fingerprint density at radius 3 is 1.48 bits per heavy atom. The topological polar surface area (TPSA) is 214 Å². The minimum absolute atomic E-state index is 0.0637. The third kappa shape index (κ3) is 26.0. The molecule has 2 aliphatic rings. The van der Waals surface area contributed by atoms with E-state index >= 15 is 0 Å². The summed E-state index contributed by atoms with van der Waals surface area (Å²) in [5, 5.41) is 72.0. The molecule has 372 valence electrons. The Bertz CT molecular complexity index is 1100. The van der Waals surface area contributed by atoms with Gasteiger partial charge in [-0.15, -0.1) is 0 Å². The lowest BCUT2D eigenvalue weighted by atomic mass is 9.98. The Labute approximate surface area is 380 Å². The number of allylic oxidation sites excluding steroid dienone is 2. The summed E-state index contributed by atoms with van der Waals surface area (Å²) in [6.07, 6.45) is 21.3. The van der Waals surface area contributed by atoms with Crippen molar-refractivity contribution in [2.24, 2.45) is 0 Å². The van der Waals surface area contributed by atoms with E-state index in [0.717, 1.165) is 57.8 Å². The zero-order valence-electron chi connectivity index (χ0n) is 39.3. The van der Waals surface area contributed by atoms with Crippen LogP contribution in [0.15, 0.2) is 12.2 Å². The average Bonchev–Trinajstić information content (AvgIpc) is 3.28. The summed E-state index contributed by atoms with van der Waals surface area (Å²) in [6, 6.07) is 0. The second-order valence-electron chi connectivity index (χ2n) is 18.0. The van der Waals surface area contributed by atoms with Crippen molar-refractivity contribution in [3.8, 4) is 0 Å². The molecule has 0 amide bonds. The van der Waals surface area contributed by atoms with Crippen LogP contribution in [0.3, 0.4) is 0 Å². The van der Waals surface area contributed by atoms with Gasteiger partial charge in [0.05, 0.1) is 26.4 Å². The second-order valence-corrected chi connectivity index (χ2v) is 18.0. The maximum Gasteiger partial charge on any atom is 0.306 e. The molecule has 2 aliphatic heterocycles. The van der Waals surface area contributed by atoms with Gasteiger partial charge in [-0.05, 0) is 38.5 Å². The molecule has 0 saturated carbocycles. The summed E-state index contributed by atoms with van der Waals surface area (Å²) in [7, 11) is 0. The zero-order valence-corrected chi connectivity index (χ0v) is 39.3. The van der Waals surface area contributed by atoms with E-state index in [9.17, 15) is 40.5 Å². The van der Waals surface area contributed by atoms with Crippen LogP contribution >= 0.6 is 0 Å². The highest BCUT2D eigenvalue weighted by Crippen LogP contribution is 2.26. The van der Waals surface area contributed by atoms with Gasteiger partial charge in [0.25, 0.3) is 0 Å². The first kappa shape index (κ1) is 57.9. The third-order valence-electron chi connectivity index (χ3n) is 12.3. The highest BCUT2D eigenvalue weighted by Gasteiger charge is 2.47. The second kappa shape index (κ2) is 37.8. The van der Waals surface area contributed by atoms with Gasteiger partial charge in [0.1, 0.15) is 54.9 Å². The van der Waals surface area contributed by atoms with Crippen LogP contribution in [0.5, 0.6) is 0 Å². The van der Waals surface area contributed by atoms with E-state index in [-0.39, 0.29) is 25.6 Å². The molecular formula is C49H92O14. The van der Waals surface area contributed by atoms with Gasteiger partial charge >= 0.3 is 5.97 Å². The molecule has 7 N–H and O–H groups in total. The summed E-state index contributed by atoms with van der Waals surface area (Å²) in [5.41, 5.74) is 0. The molecule has 0 radical (unpaired) electrons. The van der Waals surface area contributed by atoms with Crippen molar-refractivity contribution in [2.75, 3.05) is 33.0 Å². The smallest absolute Gasteiger partial charge is 0.306 e. The van der Waals surface area contributed by atoms with E-state index in [1.807, 2.05) is 0 Å². The lowest BCUT2D eigenvalue weighted by Gasteiger charge is -2.42. The first-order valence-electron chi connectivity index (χ1n) is 25.3. The fourth-order valence-electron chi connectivity index (χ4n) is 8.10. The van der Waals surface area contributed by atoms with E-state index in [0.29, 0.717) is 13.0 Å². The number of ether oxygens (including phenoxy) is 6. The first-order chi connectivity index (χ1) is 30.6. The van der Waals surface area contributed by atoms with Crippen molar-refractivity contribution >= 4 is 5.97 Å². The first-order valence-corrected chi connectivity index (χ1v) is 25.3. The molecule has 63 heavy (non-hydrogen) atoms. The molecule has 0 bridgehead atoms. The Hall–Kier alpha value is -1.27. The molecule has 14 nitrogen and oxygen atoms in total. The van der Waals surface area contributed by atoms with Gasteiger partial charge < -0.3 is 64.2 Å². The monoisotopic (exact) mass is 905 g/mol. The number of aliphatic hydroxyl groups excluding tert-OH is 7. The maximum absolute atomic E-state index is 13.0. The Kier molecular flexibility index (Phi) is 34.7. The molecule has 2 saturated heterocycles. The van der Waals surface area contributed by atoms with Crippen LogP contribution in [0.4, 0.5) is 0 Å². The van der Waals surface area contributed by atoms with Crippen LogP contribution in [0.2, 0.25) is 0 Å². The number of aliphatic hydroxyl groups is 7. The van der Waals surface area contributed by atoms with E-state index < -0.39 is 80.7 Å². The number of esters is 1. The number of hydrogen-bond donors (Lipinski definition) is 7. The lowest BCUT2D eigenvalue weighted by molar-refractivity contribution is -0.332. The summed E-state index contributed by atoms with van der Waals surface area (Å²) in [6.45, 7) is 3.68. The molecule has 11 atom stereocenters. The molecule has 2 fully saturated rings. The minimum atomic E-state index is -1.70. The highest BCUT2D eigenvalue weighted by atomic mass is 16.7. The molecule has 0 aromatic rings. The van der Waals surface area contributed by atoms with E-state index in [1.54, 1.807) is 0 Å². The van der Waals surface area contributed by atoms with Gasteiger partial charge in [-0.25, -0.2) is 0 Å². The van der Waals surface area contributed by atoms with Gasteiger partial charge in [-0.3, -0.25) is 4.79 Å². The normalized spacial score (nSPS) is 27.0. The fraction of sp³-hybridized carbons (Fsp3) is 0.939. The van der Waals surface area contributed by atoms with Gasteiger partial charge in [0, 0.05) is 13.0 Å². The van der Waals surface area contributed by atoms with E-state index in [1.165, 1.54) is 109 Å². The summed E-state index contributed by atoms with van der Waals surface area (Å²) in [4.78, 5) is 13.0. The molecule has 0 spiro atoms. The quantitative estimate of drug-likeness (QED) is 0.0186. The van der Waals surface area contributed by atoms with Crippen LogP contribution < -0.4 is 0 Å². The molecule has 0 aliphatic carbocycles. The van der Waals surface area contributed by atoms with Crippen LogP contribution in [0, 0.1) is 0 Å². The van der Waals surface area contributed by atoms with Crippen molar-refractivity contribution in [2.45, 2.75) is 261 Å². The average molecular weight is 905 g/mol. The fourth-order valence-corrected chi connectivity index (χ4v) is 8.10. The molecule has 2 heterocycles. The summed E-state index contributed by atoms with van der Waals surface area (Å²) >= 11 is 0. The van der Waals surface area contributed by atoms with Crippen LogP contribution in [0.25, 0.3) is 0 Å². The molecular weight excluding hydrogens is 813 g/mol. The number of carbonyl (C=O) groups excluding carboxylic acids is 1. The van der Waals surface area contributed by atoms with Gasteiger partial charge in [-0.1, -0.05) is 161 Å². The van der Waals surface area contributed by atoms with Crippen LogP contribution in [-0.2, 0) is 33.2 Å². The SMILES string of the molecule is CCCCC/C=C\CCCCCCCC(=O)OC(COCCCCCCCCCCCCCCCCCCC)COC1OC(COC2OC(CO)C(O)C(O)C2O)C(O)C(O)C1O. The van der Waals surface area contributed by atoms with Gasteiger partial charge in [0.2, 0.25) is 0 Å². The lowest BCUT2D eigenvalue weighted by Crippen LogP contribution is -2.61. The van der Waals surface area contributed by atoms with Crippen LogP contribution in [0.1, 0.15) is 194 Å². The standard InChI is InChI=1S/C49H92O14/c1-3-5-7-9-11-13-15-17-18-19-20-21-23-25-27-29-31-33-58-35-38(61-41(51)32-30-28-26-24-22-16-14-12-10-8-6-4-2)36-59-48-47(57)45(55)43(53)40(63-48)37-60-49-46(56)44(54)42(52)39(34-50)62-49/h12,14,38-40,42-50,52-57H,3-11,13,15-37H2,1-2H3/b14-12-. The molecule has 0 aromatic heterocycles. The van der Waals surface area contributed by atoms with Crippen LogP contribution in [-0.4, -0.2) is 142 Å². The Morgan fingerprint density at radius 1 is 0.508 bits per heavy atom. The van der Waals surface area contributed by atoms with Gasteiger partial charge in [0.15, 0.2) is 12.6 Å². The summed E-state index contributed by atoms with van der Waals surface area (Å²) in [5.74, 6) is -0.383. The van der Waals surface area contributed by atoms with Crippen molar-refractivity contribution < 1.29 is 69.0 Å².